The fourth-order valence-corrected chi connectivity index (χ4v) is 2.57. The molecule has 2 aliphatic rings. The van der Waals surface area contributed by atoms with Crippen LogP contribution >= 0.6 is 0 Å². The SMILES string of the molecule is O[14CH2][C@H]1O[14C@@H](O)[14C@H](O)[14C@@H](O)[14C@@H]1O[14C@H]1O[14C@H]([14CH2]O)[14C@@H](O)[C@H](O)[14C@H]1O. The minimum absolute atomic E-state index is 0.667. The molecule has 0 aromatic heterocycles. The number of hydrogen-bond donors (Lipinski definition) is 8. The molecule has 0 bridgehead atoms. The van der Waals surface area contributed by atoms with Gasteiger partial charge in [0.1, 0.15) is 48.8 Å². The van der Waals surface area contributed by atoms with Gasteiger partial charge in [-0.15, -0.1) is 0 Å². The molecule has 0 aliphatic carbocycles. The molecule has 0 unspecified atom stereocenters. The van der Waals surface area contributed by atoms with Crippen molar-refractivity contribution in [2.45, 2.75) is 61.4 Å². The fraction of sp³-hybridized carbons (Fsp3) is 1.00. The van der Waals surface area contributed by atoms with Crippen molar-refractivity contribution >= 4 is 0 Å². The number of ether oxygens (including phenoxy) is 3. The van der Waals surface area contributed by atoms with Crippen molar-refractivity contribution in [1.82, 2.24) is 0 Å². The van der Waals surface area contributed by atoms with Crippen LogP contribution in [0.4, 0.5) is 0 Å². The normalized spacial score (nSPS) is 51.7. The molecule has 0 spiro atoms. The summed E-state index contributed by atoms with van der Waals surface area (Å²) in [6, 6.07) is 0. The lowest BCUT2D eigenvalue weighted by atomic mass is 11.0. The van der Waals surface area contributed by atoms with E-state index in [0.717, 1.165) is 0 Å². The minimum atomic E-state index is -1.74. The zero-order chi connectivity index (χ0) is 17.3. The minimum Gasteiger partial charge on any atom is -0.394 e. The maximum Gasteiger partial charge on any atom is 0.187 e. The summed E-state index contributed by atoms with van der Waals surface area (Å²) >= 11 is 0. The van der Waals surface area contributed by atoms with Crippen LogP contribution in [0.5, 0.6) is 0 Å². The first-order chi connectivity index (χ1) is 10.8. The quantitative estimate of drug-likeness (QED) is 0.238. The Hall–Kier alpha value is -0.440. The Kier molecular flexibility index (Phi) is 6.27. The van der Waals surface area contributed by atoms with Crippen LogP contribution in [0.2, 0.25) is 0 Å². The van der Waals surface area contributed by atoms with E-state index in [9.17, 15) is 35.7 Å². The second-order valence-electron chi connectivity index (χ2n) is 5.53. The number of hydrogen-bond acceptors (Lipinski definition) is 11. The smallest absolute Gasteiger partial charge is 0.187 e. The Labute approximate surface area is 130 Å². The highest BCUT2D eigenvalue weighted by Crippen LogP contribution is 2.28. The van der Waals surface area contributed by atoms with Crippen molar-refractivity contribution < 1.29 is 55.1 Å². The first-order valence-electron chi connectivity index (χ1n) is 7.08. The Bertz CT molecular complexity index is 378. The lowest BCUT2D eigenvalue weighted by molar-refractivity contribution is -0.355. The van der Waals surface area contributed by atoms with E-state index in [0.29, 0.717) is 0 Å². The molecule has 11 nitrogen and oxygen atoms in total. The maximum absolute atomic E-state index is 9.94. The van der Waals surface area contributed by atoms with Gasteiger partial charge in [0.15, 0.2) is 12.6 Å². The largest absolute Gasteiger partial charge is 0.394 e. The van der Waals surface area contributed by atoms with Gasteiger partial charge < -0.3 is 55.1 Å². The molecule has 0 aromatic rings. The lowest BCUT2D eigenvalue weighted by Crippen LogP contribution is -2.64. The first kappa shape index (κ1) is 18.9. The van der Waals surface area contributed by atoms with E-state index in [1.807, 2.05) is 0 Å². The van der Waals surface area contributed by atoms with E-state index in [1.165, 1.54) is 0 Å². The molecule has 0 radical (unpaired) electrons. The molecule has 0 amide bonds. The van der Waals surface area contributed by atoms with Crippen LogP contribution < -0.4 is 0 Å². The van der Waals surface area contributed by atoms with Gasteiger partial charge in [-0.2, -0.15) is 0 Å². The van der Waals surface area contributed by atoms with Crippen LogP contribution in [0.1, 0.15) is 0 Å². The van der Waals surface area contributed by atoms with Crippen LogP contribution in [0.25, 0.3) is 0 Å². The third-order valence-corrected chi connectivity index (χ3v) is 3.98. The van der Waals surface area contributed by atoms with Gasteiger partial charge in [0, 0.05) is 0 Å². The summed E-state index contributed by atoms with van der Waals surface area (Å²) in [6.45, 7) is -1.35. The Balaban J connectivity index is 2.11. The van der Waals surface area contributed by atoms with E-state index >= 15 is 0 Å². The monoisotopic (exact) mass is 362 g/mol. The predicted octanol–water partition coefficient (Wildman–Crippen LogP) is -5.40. The van der Waals surface area contributed by atoms with Crippen LogP contribution in [0.15, 0.2) is 0 Å². The first-order valence-corrected chi connectivity index (χ1v) is 7.08. The standard InChI is InChI=1S/C12H22O11/c13-1-3-5(15)6(16)9(19)12(22-3)23-10-4(2-14)21-11(20)8(18)7(10)17/h3-20H,1-2H2/t3-,4-,5-,6+,7-,8-,9-,10-,11-,12-/m1/s1/i1+2,2+2,3+2,5+2,7+2,8+2,9+2,10+2,11+2,12+2. The summed E-state index contributed by atoms with van der Waals surface area (Å²) in [5.41, 5.74) is 0. The number of aliphatic hydroxyl groups is 8. The molecular weight excluding hydrogens is 340 g/mol. The zero-order valence-corrected chi connectivity index (χ0v) is 12.0. The van der Waals surface area contributed by atoms with E-state index in [-0.39, 0.29) is 0 Å². The summed E-state index contributed by atoms with van der Waals surface area (Å²) in [5.74, 6) is 0. The van der Waals surface area contributed by atoms with Crippen LogP contribution in [-0.2, 0) is 14.2 Å². The van der Waals surface area contributed by atoms with E-state index in [1.54, 1.807) is 0 Å². The Morgan fingerprint density at radius 2 is 1.61 bits per heavy atom. The number of aliphatic hydroxyl groups excluding tert-OH is 8. The van der Waals surface area contributed by atoms with Gasteiger partial charge in [-0.3, -0.25) is 0 Å². The lowest BCUT2D eigenvalue weighted by Gasteiger charge is -2.45. The Morgan fingerprint density at radius 1 is 0.957 bits per heavy atom. The fourth-order valence-electron chi connectivity index (χ4n) is 2.57. The molecule has 2 aliphatic heterocycles. The predicted molar refractivity (Wildman–Crippen MR) is 68.6 cm³/mol. The highest BCUT2D eigenvalue weighted by atomic mass is 17.2. The van der Waals surface area contributed by atoms with E-state index in [2.05, 4.69) is 0 Å². The third kappa shape index (κ3) is 3.65. The second-order valence-corrected chi connectivity index (χ2v) is 5.53. The second kappa shape index (κ2) is 7.63. The summed E-state index contributed by atoms with van der Waals surface area (Å²) < 4.78 is 15.3. The van der Waals surface area contributed by atoms with E-state index in [4.69, 9.17) is 19.3 Å². The van der Waals surface area contributed by atoms with E-state index < -0.39 is 74.6 Å². The summed E-state index contributed by atoms with van der Waals surface area (Å²) in [4.78, 5) is 0. The van der Waals surface area contributed by atoms with Gasteiger partial charge in [0.05, 0.1) is 13.2 Å². The highest BCUT2D eigenvalue weighted by molar-refractivity contribution is 4.93. The van der Waals surface area contributed by atoms with Gasteiger partial charge in [0.25, 0.3) is 0 Å². The molecule has 11 heteroatoms. The number of rotatable bonds is 4. The van der Waals surface area contributed by atoms with Crippen molar-refractivity contribution in [3.05, 3.63) is 0 Å². The van der Waals surface area contributed by atoms with Gasteiger partial charge >= 0.3 is 0 Å². The van der Waals surface area contributed by atoms with Crippen LogP contribution in [0.3, 0.4) is 0 Å². The molecular formula is C12H22O11. The maximum atomic E-state index is 9.94. The molecule has 2 heterocycles. The van der Waals surface area contributed by atoms with Crippen LogP contribution in [0, 0.1) is 0 Å². The molecule has 23 heavy (non-hydrogen) atoms. The topological polar surface area (TPSA) is 190 Å². The van der Waals surface area contributed by atoms with Gasteiger partial charge in [-0.25, -0.2) is 0 Å². The molecule has 0 saturated carbocycles. The summed E-state index contributed by atoms with van der Waals surface area (Å²) in [7, 11) is 0. The van der Waals surface area contributed by atoms with Gasteiger partial charge in [-0.1, -0.05) is 0 Å². The summed E-state index contributed by atoms with van der Waals surface area (Å²) in [6.07, 6.45) is -15.6. The van der Waals surface area contributed by atoms with Crippen molar-refractivity contribution in [1.29, 1.82) is 0 Å². The van der Waals surface area contributed by atoms with Gasteiger partial charge in [0.2, 0.25) is 0 Å². The van der Waals surface area contributed by atoms with Gasteiger partial charge in [-0.05, 0) is 0 Å². The highest BCUT2D eigenvalue weighted by Gasteiger charge is 2.50. The molecule has 2 fully saturated rings. The average Bonchev–Trinajstić information content (AvgIpc) is 2.55. The van der Waals surface area contributed by atoms with Crippen molar-refractivity contribution in [3.8, 4) is 0 Å². The molecule has 10 atom stereocenters. The van der Waals surface area contributed by atoms with Crippen molar-refractivity contribution in [3.63, 3.8) is 0 Å². The molecule has 8 N–H and O–H groups in total. The van der Waals surface area contributed by atoms with Crippen molar-refractivity contribution in [2.24, 2.45) is 0 Å². The average molecular weight is 362 g/mol. The van der Waals surface area contributed by atoms with Crippen molar-refractivity contribution in [2.75, 3.05) is 13.2 Å². The zero-order valence-electron chi connectivity index (χ0n) is 12.0. The molecule has 136 valence electrons. The summed E-state index contributed by atoms with van der Waals surface area (Å²) in [5, 5.41) is 76.5. The van der Waals surface area contributed by atoms with Crippen LogP contribution in [-0.4, -0.2) is 115 Å². The molecule has 0 aromatic carbocycles. The molecule has 2 saturated heterocycles. The Morgan fingerprint density at radius 3 is 2.17 bits per heavy atom. The third-order valence-electron chi connectivity index (χ3n) is 3.98. The molecule has 2 rings (SSSR count).